The van der Waals surface area contributed by atoms with Crippen LogP contribution < -0.4 is 5.32 Å². The molecule has 0 spiro atoms. The topological polar surface area (TPSA) is 32.3 Å². The van der Waals surface area contributed by atoms with E-state index in [9.17, 15) is 18.0 Å². The molecule has 1 saturated carbocycles. The van der Waals surface area contributed by atoms with Crippen LogP contribution in [-0.2, 0) is 6.18 Å². The van der Waals surface area contributed by atoms with Crippen molar-refractivity contribution in [2.45, 2.75) is 19.0 Å². The van der Waals surface area contributed by atoms with Gasteiger partial charge in [-0.2, -0.15) is 13.2 Å². The second-order valence-electron chi connectivity index (χ2n) is 5.14. The van der Waals surface area contributed by atoms with Gasteiger partial charge in [0.05, 0.1) is 11.1 Å². The fourth-order valence-electron chi connectivity index (χ4n) is 2.09. The van der Waals surface area contributed by atoms with Gasteiger partial charge in [-0.15, -0.1) is 0 Å². The minimum Gasteiger partial charge on any atom is -0.387 e. The number of benzene rings is 1. The maximum atomic E-state index is 12.7. The number of carbonyl (C=O) groups is 1. The van der Waals surface area contributed by atoms with Crippen molar-refractivity contribution in [2.24, 2.45) is 5.92 Å². The number of hydrogen-bond donors (Lipinski definition) is 1. The Bertz CT molecular complexity index is 510. The van der Waals surface area contributed by atoms with Crippen molar-refractivity contribution in [1.29, 1.82) is 0 Å². The number of halogens is 3. The van der Waals surface area contributed by atoms with E-state index in [1.165, 1.54) is 11.0 Å². The van der Waals surface area contributed by atoms with Crippen molar-refractivity contribution >= 4 is 11.6 Å². The summed E-state index contributed by atoms with van der Waals surface area (Å²) < 4.78 is 38.2. The molecule has 0 radical (unpaired) electrons. The Balaban J connectivity index is 2.29. The third-order valence-electron chi connectivity index (χ3n) is 3.42. The Kier molecular flexibility index (Phi) is 3.92. The molecule has 0 atom stereocenters. The van der Waals surface area contributed by atoms with E-state index in [1.54, 1.807) is 14.1 Å². The molecule has 1 amide bonds. The lowest BCUT2D eigenvalue weighted by molar-refractivity contribution is -0.137. The van der Waals surface area contributed by atoms with Crippen LogP contribution in [0.15, 0.2) is 18.2 Å². The first-order chi connectivity index (χ1) is 9.32. The molecule has 6 heteroatoms. The average Bonchev–Trinajstić information content (AvgIpc) is 3.19. The van der Waals surface area contributed by atoms with Crippen LogP contribution in [0.25, 0.3) is 0 Å². The Hall–Kier alpha value is -1.72. The van der Waals surface area contributed by atoms with Crippen molar-refractivity contribution in [1.82, 2.24) is 4.90 Å². The highest BCUT2D eigenvalue weighted by Crippen LogP contribution is 2.33. The normalized spacial score (nSPS) is 15.1. The van der Waals surface area contributed by atoms with E-state index >= 15 is 0 Å². The van der Waals surface area contributed by atoms with Crippen LogP contribution in [0.4, 0.5) is 18.9 Å². The summed E-state index contributed by atoms with van der Waals surface area (Å²) in [5, 5.41) is 2.76. The fourth-order valence-corrected chi connectivity index (χ4v) is 2.09. The molecular weight excluding hydrogens is 269 g/mol. The molecule has 0 aliphatic heterocycles. The molecule has 0 aromatic heterocycles. The summed E-state index contributed by atoms with van der Waals surface area (Å²) in [5.74, 6) is 0.111. The molecule has 3 nitrogen and oxygen atoms in total. The number of anilines is 1. The molecule has 0 unspecified atom stereocenters. The van der Waals surface area contributed by atoms with E-state index in [-0.39, 0.29) is 11.5 Å². The summed E-state index contributed by atoms with van der Waals surface area (Å²) in [4.78, 5) is 13.8. The van der Waals surface area contributed by atoms with E-state index in [2.05, 4.69) is 5.32 Å². The Morgan fingerprint density at radius 1 is 1.40 bits per heavy atom. The summed E-state index contributed by atoms with van der Waals surface area (Å²) in [6.07, 6.45) is -2.28. The zero-order valence-corrected chi connectivity index (χ0v) is 11.4. The maximum Gasteiger partial charge on any atom is 0.416 e. The minimum absolute atomic E-state index is 0.0606. The summed E-state index contributed by atoms with van der Waals surface area (Å²) in [7, 11) is 3.21. The van der Waals surface area contributed by atoms with Gasteiger partial charge < -0.3 is 10.2 Å². The predicted octanol–water partition coefficient (Wildman–Crippen LogP) is 3.23. The van der Waals surface area contributed by atoms with Crippen LogP contribution >= 0.6 is 0 Å². The zero-order valence-electron chi connectivity index (χ0n) is 11.4. The van der Waals surface area contributed by atoms with Crippen molar-refractivity contribution in [3.8, 4) is 0 Å². The molecule has 110 valence electrons. The van der Waals surface area contributed by atoms with Gasteiger partial charge in [0.1, 0.15) is 0 Å². The summed E-state index contributed by atoms with van der Waals surface area (Å²) in [6.45, 7) is 0.595. The van der Waals surface area contributed by atoms with Gasteiger partial charge in [0.25, 0.3) is 5.91 Å². The molecule has 2 rings (SSSR count). The molecule has 1 aliphatic rings. The summed E-state index contributed by atoms with van der Waals surface area (Å²) >= 11 is 0. The number of nitrogens with one attached hydrogen (secondary N) is 1. The highest BCUT2D eigenvalue weighted by Gasteiger charge is 2.32. The molecule has 0 saturated heterocycles. The average molecular weight is 286 g/mol. The van der Waals surface area contributed by atoms with Crippen molar-refractivity contribution in [3.05, 3.63) is 29.3 Å². The number of amides is 1. The third kappa shape index (κ3) is 3.23. The first-order valence-electron chi connectivity index (χ1n) is 6.47. The van der Waals surface area contributed by atoms with Crippen LogP contribution in [0.2, 0.25) is 0 Å². The van der Waals surface area contributed by atoms with Gasteiger partial charge in [-0.25, -0.2) is 0 Å². The quantitative estimate of drug-likeness (QED) is 0.921. The van der Waals surface area contributed by atoms with Crippen LogP contribution in [-0.4, -0.2) is 31.4 Å². The molecule has 1 fully saturated rings. The van der Waals surface area contributed by atoms with Gasteiger partial charge >= 0.3 is 6.18 Å². The van der Waals surface area contributed by atoms with Crippen LogP contribution in [0.1, 0.15) is 28.8 Å². The first kappa shape index (κ1) is 14.7. The number of carbonyl (C=O) groups excluding carboxylic acids is 1. The van der Waals surface area contributed by atoms with Crippen LogP contribution in [0.3, 0.4) is 0 Å². The van der Waals surface area contributed by atoms with Crippen LogP contribution in [0, 0.1) is 5.92 Å². The lowest BCUT2D eigenvalue weighted by Crippen LogP contribution is -2.29. The van der Waals surface area contributed by atoms with Gasteiger partial charge in [-0.05, 0) is 37.0 Å². The molecule has 1 aromatic carbocycles. The third-order valence-corrected chi connectivity index (χ3v) is 3.42. The van der Waals surface area contributed by atoms with E-state index in [0.717, 1.165) is 25.0 Å². The SMILES string of the molecule is CNc1ccc(C(F)(F)F)cc1C(=O)N(C)CC1CC1. The molecule has 0 bridgehead atoms. The largest absolute Gasteiger partial charge is 0.416 e. The number of rotatable bonds is 4. The standard InChI is InChI=1S/C14H17F3N2O/c1-18-12-6-5-10(14(15,16)17)7-11(12)13(20)19(2)8-9-3-4-9/h5-7,9,18H,3-4,8H2,1-2H3. The number of hydrogen-bond acceptors (Lipinski definition) is 2. The van der Waals surface area contributed by atoms with E-state index in [4.69, 9.17) is 0 Å². The summed E-state index contributed by atoms with van der Waals surface area (Å²) in [5.41, 5.74) is -0.337. The van der Waals surface area contributed by atoms with Gasteiger partial charge in [0, 0.05) is 26.3 Å². The van der Waals surface area contributed by atoms with Gasteiger partial charge in [-0.1, -0.05) is 0 Å². The van der Waals surface area contributed by atoms with E-state index < -0.39 is 11.7 Å². The Morgan fingerprint density at radius 2 is 2.05 bits per heavy atom. The highest BCUT2D eigenvalue weighted by atomic mass is 19.4. The fraction of sp³-hybridized carbons (Fsp3) is 0.500. The van der Waals surface area contributed by atoms with Gasteiger partial charge in [0.15, 0.2) is 0 Å². The molecule has 1 aromatic rings. The van der Waals surface area contributed by atoms with Crippen molar-refractivity contribution in [2.75, 3.05) is 26.0 Å². The van der Waals surface area contributed by atoms with Crippen molar-refractivity contribution < 1.29 is 18.0 Å². The van der Waals surface area contributed by atoms with E-state index in [1.807, 2.05) is 0 Å². The highest BCUT2D eigenvalue weighted by molar-refractivity contribution is 5.99. The monoisotopic (exact) mass is 286 g/mol. The second kappa shape index (κ2) is 5.34. The summed E-state index contributed by atoms with van der Waals surface area (Å²) in [6, 6.07) is 3.18. The molecular formula is C14H17F3N2O. The zero-order chi connectivity index (χ0) is 14.9. The lowest BCUT2D eigenvalue weighted by atomic mass is 10.1. The Labute approximate surface area is 115 Å². The molecule has 20 heavy (non-hydrogen) atoms. The molecule has 1 N–H and O–H groups in total. The van der Waals surface area contributed by atoms with E-state index in [0.29, 0.717) is 18.2 Å². The molecule has 1 aliphatic carbocycles. The Morgan fingerprint density at radius 3 is 2.55 bits per heavy atom. The first-order valence-corrected chi connectivity index (χ1v) is 6.47. The van der Waals surface area contributed by atoms with Crippen LogP contribution in [0.5, 0.6) is 0 Å². The van der Waals surface area contributed by atoms with Crippen molar-refractivity contribution in [3.63, 3.8) is 0 Å². The lowest BCUT2D eigenvalue weighted by Gasteiger charge is -2.20. The van der Waals surface area contributed by atoms with Gasteiger partial charge in [0.2, 0.25) is 0 Å². The number of alkyl halides is 3. The van der Waals surface area contributed by atoms with Gasteiger partial charge in [-0.3, -0.25) is 4.79 Å². The molecule has 0 heterocycles. The maximum absolute atomic E-state index is 12.7. The number of nitrogens with zero attached hydrogens (tertiary/aromatic N) is 1. The second-order valence-corrected chi connectivity index (χ2v) is 5.14. The minimum atomic E-state index is -4.45. The predicted molar refractivity (Wildman–Crippen MR) is 70.7 cm³/mol. The smallest absolute Gasteiger partial charge is 0.387 e.